The average molecular weight is 734 g/mol. The van der Waals surface area contributed by atoms with Crippen LogP contribution in [0.5, 0.6) is 5.75 Å². The Bertz CT molecular complexity index is 1550. The number of alkyl carbamates (subject to hydrolysis) is 1. The lowest BCUT2D eigenvalue weighted by Crippen LogP contribution is -2.63. The van der Waals surface area contributed by atoms with Gasteiger partial charge in [0.05, 0.1) is 25.3 Å². The summed E-state index contributed by atoms with van der Waals surface area (Å²) in [6, 6.07) is 2.65. The summed E-state index contributed by atoms with van der Waals surface area (Å²) in [4.78, 5) is 56.0. The van der Waals surface area contributed by atoms with Crippen LogP contribution in [0.25, 0.3) is 0 Å². The predicted octanol–water partition coefficient (Wildman–Crippen LogP) is 4.70. The number of likely N-dealkylation sites (N-methyl/N-ethyl adjacent to an activating group) is 1. The van der Waals surface area contributed by atoms with Gasteiger partial charge in [0.1, 0.15) is 40.7 Å². The molecule has 2 fully saturated rings. The largest absolute Gasteiger partial charge is 0.495 e. The number of anilines is 1. The van der Waals surface area contributed by atoms with Crippen LogP contribution in [0.15, 0.2) is 35.9 Å². The normalized spacial score (nSPS) is 30.3. The summed E-state index contributed by atoms with van der Waals surface area (Å²) in [5, 5.41) is 14.5. The Hall–Kier alpha value is -3.65. The number of benzene rings is 1. The first-order valence-corrected chi connectivity index (χ1v) is 17.7. The van der Waals surface area contributed by atoms with E-state index in [1.54, 1.807) is 59.2 Å². The second-order valence-corrected chi connectivity index (χ2v) is 14.4. The monoisotopic (exact) mass is 733 g/mol. The van der Waals surface area contributed by atoms with Crippen LogP contribution in [0.1, 0.15) is 72.3 Å². The summed E-state index contributed by atoms with van der Waals surface area (Å²) in [7, 11) is 6.05. The van der Waals surface area contributed by atoms with Crippen molar-refractivity contribution in [2.75, 3.05) is 33.2 Å². The fourth-order valence-electron chi connectivity index (χ4n) is 6.72. The molecule has 51 heavy (non-hydrogen) atoms. The van der Waals surface area contributed by atoms with Gasteiger partial charge in [0, 0.05) is 40.0 Å². The number of unbranched alkanes of at least 4 members (excludes halogenated alkanes) is 1. The van der Waals surface area contributed by atoms with Crippen molar-refractivity contribution in [2.24, 2.45) is 5.92 Å². The molecule has 14 heteroatoms. The Kier molecular flexibility index (Phi) is 12.9. The van der Waals surface area contributed by atoms with Gasteiger partial charge in [0.15, 0.2) is 5.72 Å². The maximum Gasteiger partial charge on any atom is 0.409 e. The Balaban J connectivity index is 1.76. The molecule has 13 nitrogen and oxygen atoms in total. The minimum Gasteiger partial charge on any atom is -0.495 e. The van der Waals surface area contributed by atoms with Gasteiger partial charge < -0.3 is 38.6 Å². The van der Waals surface area contributed by atoms with Crippen molar-refractivity contribution in [1.82, 2.24) is 10.2 Å². The van der Waals surface area contributed by atoms with E-state index in [0.29, 0.717) is 24.3 Å². The Morgan fingerprint density at radius 3 is 2.61 bits per heavy atom. The highest BCUT2D eigenvalue weighted by Gasteiger charge is 2.64. The Morgan fingerprint density at radius 1 is 1.25 bits per heavy atom. The fourth-order valence-corrected chi connectivity index (χ4v) is 7.04. The SMILES string of the molecule is CCCCC(=O)N(C)C(C)C(=O)OC1CC(=O)N(C)c2cc(cc(OC)c2Cl)CC(C)=CC=CC(OC)C2(O)CC(OC(=O)N2)C(C)C2OC12C. The summed E-state index contributed by atoms with van der Waals surface area (Å²) in [5.74, 6) is -1.46. The van der Waals surface area contributed by atoms with Gasteiger partial charge in [-0.3, -0.25) is 14.9 Å². The molecule has 3 aliphatic heterocycles. The van der Waals surface area contributed by atoms with Crippen LogP contribution >= 0.6 is 11.6 Å². The molecule has 3 aliphatic rings. The van der Waals surface area contributed by atoms with Crippen molar-refractivity contribution in [1.29, 1.82) is 0 Å². The van der Waals surface area contributed by atoms with E-state index in [1.165, 1.54) is 24.0 Å². The molecule has 0 aliphatic carbocycles. The molecule has 1 aromatic rings. The van der Waals surface area contributed by atoms with Crippen molar-refractivity contribution < 1.29 is 48.0 Å². The highest BCUT2D eigenvalue weighted by Crippen LogP contribution is 2.49. The first kappa shape index (κ1) is 40.1. The molecule has 3 heterocycles. The molecule has 1 aromatic carbocycles. The van der Waals surface area contributed by atoms with E-state index in [0.717, 1.165) is 17.6 Å². The highest BCUT2D eigenvalue weighted by atomic mass is 35.5. The van der Waals surface area contributed by atoms with E-state index < -0.39 is 65.7 Å². The maximum absolute atomic E-state index is 14.1. The lowest BCUT2D eigenvalue weighted by molar-refractivity contribution is -0.162. The van der Waals surface area contributed by atoms with Crippen molar-refractivity contribution >= 4 is 41.2 Å². The number of carbonyl (C=O) groups is 4. The minimum absolute atomic E-state index is 0.0423. The van der Waals surface area contributed by atoms with Crippen molar-refractivity contribution in [3.05, 3.63) is 46.5 Å². The number of rotatable bonds is 8. The number of amides is 3. The lowest BCUT2D eigenvalue weighted by Gasteiger charge is -2.42. The van der Waals surface area contributed by atoms with E-state index in [-0.39, 0.29) is 30.2 Å². The Labute approximate surface area is 305 Å². The van der Waals surface area contributed by atoms with E-state index in [4.69, 9.17) is 35.3 Å². The number of aliphatic hydroxyl groups is 1. The number of carbonyl (C=O) groups excluding carboxylic acids is 4. The summed E-state index contributed by atoms with van der Waals surface area (Å²) >= 11 is 6.75. The third-order valence-corrected chi connectivity index (χ3v) is 10.6. The van der Waals surface area contributed by atoms with E-state index in [9.17, 15) is 24.3 Å². The van der Waals surface area contributed by atoms with Crippen molar-refractivity contribution in [2.45, 2.75) is 115 Å². The molecular weight excluding hydrogens is 682 g/mol. The van der Waals surface area contributed by atoms with Crippen molar-refractivity contribution in [3.8, 4) is 5.75 Å². The molecule has 282 valence electrons. The van der Waals surface area contributed by atoms with Crippen molar-refractivity contribution in [3.63, 3.8) is 0 Å². The number of nitrogens with zero attached hydrogens (tertiary/aromatic N) is 2. The molecule has 2 N–H and O–H groups in total. The quantitative estimate of drug-likeness (QED) is 0.284. The van der Waals surface area contributed by atoms with Gasteiger partial charge in [-0.05, 0) is 51.3 Å². The molecule has 0 saturated carbocycles. The van der Waals surface area contributed by atoms with Gasteiger partial charge in [-0.2, -0.15) is 0 Å². The molecule has 0 radical (unpaired) electrons. The fraction of sp³-hybridized carbons (Fsp3) is 0.622. The van der Waals surface area contributed by atoms with Crippen LogP contribution in [0.4, 0.5) is 10.5 Å². The van der Waals surface area contributed by atoms with Crippen LogP contribution in [0, 0.1) is 5.92 Å². The molecule has 8 unspecified atom stereocenters. The number of fused-ring (bicyclic) bond motifs is 5. The lowest BCUT2D eigenvalue weighted by atomic mass is 9.83. The van der Waals surface area contributed by atoms with Gasteiger partial charge in [-0.25, -0.2) is 9.59 Å². The zero-order valence-corrected chi connectivity index (χ0v) is 31.7. The van der Waals surface area contributed by atoms with Gasteiger partial charge >= 0.3 is 12.1 Å². The number of ether oxygens (including phenoxy) is 5. The number of esters is 1. The molecule has 4 bridgehead atoms. The number of halogens is 1. The summed E-state index contributed by atoms with van der Waals surface area (Å²) in [5.41, 5.74) is -0.868. The first-order chi connectivity index (χ1) is 24.0. The molecule has 4 rings (SSSR count). The van der Waals surface area contributed by atoms with Crippen LogP contribution in [-0.4, -0.2) is 104 Å². The Morgan fingerprint density at radius 2 is 1.96 bits per heavy atom. The third-order valence-electron chi connectivity index (χ3n) is 10.3. The zero-order chi connectivity index (χ0) is 37.8. The average Bonchev–Trinajstić information content (AvgIpc) is 3.79. The van der Waals surface area contributed by atoms with Crippen LogP contribution in [-0.2, 0) is 39.8 Å². The smallest absolute Gasteiger partial charge is 0.409 e. The number of allylic oxidation sites excluding steroid dienone is 3. The highest BCUT2D eigenvalue weighted by molar-refractivity contribution is 6.35. The molecule has 0 aromatic heterocycles. The van der Waals surface area contributed by atoms with E-state index in [2.05, 4.69) is 5.32 Å². The van der Waals surface area contributed by atoms with Gasteiger partial charge in [0.2, 0.25) is 11.8 Å². The number of hydrogen-bond acceptors (Lipinski definition) is 10. The number of epoxide rings is 1. The molecule has 3 amide bonds. The van der Waals surface area contributed by atoms with Crippen LogP contribution in [0.3, 0.4) is 0 Å². The first-order valence-electron chi connectivity index (χ1n) is 17.3. The number of nitrogens with one attached hydrogen (secondary N) is 1. The van der Waals surface area contributed by atoms with E-state index in [1.807, 2.05) is 19.9 Å². The van der Waals surface area contributed by atoms with Gasteiger partial charge in [0.25, 0.3) is 0 Å². The summed E-state index contributed by atoms with van der Waals surface area (Å²) in [6.07, 6.45) is 2.84. The second kappa shape index (κ2) is 16.4. The third kappa shape index (κ3) is 8.88. The van der Waals surface area contributed by atoms with E-state index >= 15 is 0 Å². The molecule has 8 atom stereocenters. The zero-order valence-electron chi connectivity index (χ0n) is 31.0. The standard InChI is InChI=1S/C37H52ClN3O10/c1-10-11-15-30(42)40(6)23(4)34(44)50-29-19-31(43)41(7)25-17-24(18-26(47-8)32(25)38)16-21(2)13-12-14-28(48-9)37(46)20-27(49-35(45)39-37)22(3)33-36(29,5)51-33/h12-14,17-18,22-23,27-29,33,46H,10-11,15-16,19-20H2,1-9H3,(H,39,45). The van der Waals surface area contributed by atoms with Crippen LogP contribution in [0.2, 0.25) is 5.02 Å². The van der Waals surface area contributed by atoms with Gasteiger partial charge in [-0.1, -0.05) is 55.7 Å². The van der Waals surface area contributed by atoms with Crippen LogP contribution < -0.4 is 15.0 Å². The molecule has 0 spiro atoms. The summed E-state index contributed by atoms with van der Waals surface area (Å²) in [6.45, 7) is 9.00. The van der Waals surface area contributed by atoms with Gasteiger partial charge in [-0.15, -0.1) is 0 Å². The maximum atomic E-state index is 14.1. The topological polar surface area (TPSA) is 156 Å². The predicted molar refractivity (Wildman–Crippen MR) is 190 cm³/mol. The summed E-state index contributed by atoms with van der Waals surface area (Å²) < 4.78 is 29.2. The molecule has 2 saturated heterocycles. The number of hydrogen-bond donors (Lipinski definition) is 2. The minimum atomic E-state index is -1.82. The second-order valence-electron chi connectivity index (χ2n) is 14.0. The number of methoxy groups -OCH3 is 2. The molecular formula is C37H52ClN3O10.